The van der Waals surface area contributed by atoms with E-state index in [4.69, 9.17) is 0 Å². The standard InChI is InChI=1S/C15H18F3NO3S/c1-23(21,22)13-9-5-2-6-10(13)14(20)19-12-8-4-3-7-11(12)15(16,17)18/h2,5-6,9,11-12H,3-4,7-8H2,1H3,(H,19,20). The smallest absolute Gasteiger partial charge is 0.349 e. The molecule has 1 amide bonds. The monoisotopic (exact) mass is 349 g/mol. The number of benzene rings is 1. The molecular formula is C15H18F3NO3S. The first-order valence-corrected chi connectivity index (χ1v) is 9.16. The van der Waals surface area contributed by atoms with E-state index in [2.05, 4.69) is 5.32 Å². The molecule has 1 N–H and O–H groups in total. The van der Waals surface area contributed by atoms with E-state index >= 15 is 0 Å². The fourth-order valence-electron chi connectivity index (χ4n) is 2.92. The van der Waals surface area contributed by atoms with Crippen molar-refractivity contribution in [2.75, 3.05) is 6.26 Å². The van der Waals surface area contributed by atoms with Crippen molar-refractivity contribution >= 4 is 15.7 Å². The van der Waals surface area contributed by atoms with Gasteiger partial charge in [0, 0.05) is 12.3 Å². The topological polar surface area (TPSA) is 63.2 Å². The Hall–Kier alpha value is -1.57. The zero-order chi connectivity index (χ0) is 17.3. The number of halogens is 3. The molecule has 0 saturated heterocycles. The second-order valence-electron chi connectivity index (χ2n) is 5.78. The minimum absolute atomic E-state index is 0.0256. The Morgan fingerprint density at radius 1 is 1.17 bits per heavy atom. The Morgan fingerprint density at radius 3 is 2.39 bits per heavy atom. The average molecular weight is 349 g/mol. The highest BCUT2D eigenvalue weighted by Crippen LogP contribution is 2.37. The summed E-state index contributed by atoms with van der Waals surface area (Å²) in [4.78, 5) is 12.1. The number of hydrogen-bond acceptors (Lipinski definition) is 3. The van der Waals surface area contributed by atoms with Gasteiger partial charge < -0.3 is 5.32 Å². The molecule has 128 valence electrons. The van der Waals surface area contributed by atoms with E-state index in [0.717, 1.165) is 6.26 Å². The van der Waals surface area contributed by atoms with Gasteiger partial charge in [-0.2, -0.15) is 13.2 Å². The van der Waals surface area contributed by atoms with Gasteiger partial charge in [-0.05, 0) is 25.0 Å². The summed E-state index contributed by atoms with van der Waals surface area (Å²) in [5, 5.41) is 2.38. The van der Waals surface area contributed by atoms with Gasteiger partial charge in [0.25, 0.3) is 5.91 Å². The van der Waals surface area contributed by atoms with Crippen LogP contribution in [0, 0.1) is 5.92 Å². The predicted molar refractivity (Wildman–Crippen MR) is 78.8 cm³/mol. The Kier molecular flexibility index (Phi) is 5.03. The molecule has 0 aromatic heterocycles. The molecule has 4 nitrogen and oxygen atoms in total. The van der Waals surface area contributed by atoms with Crippen molar-refractivity contribution in [3.8, 4) is 0 Å². The highest BCUT2D eigenvalue weighted by atomic mass is 32.2. The van der Waals surface area contributed by atoms with E-state index in [1.807, 2.05) is 0 Å². The summed E-state index contributed by atoms with van der Waals surface area (Å²) >= 11 is 0. The maximum atomic E-state index is 13.1. The summed E-state index contributed by atoms with van der Waals surface area (Å²) in [6.07, 6.45) is -2.15. The van der Waals surface area contributed by atoms with Gasteiger partial charge in [-0.1, -0.05) is 25.0 Å². The van der Waals surface area contributed by atoms with E-state index in [9.17, 15) is 26.4 Å². The molecule has 0 heterocycles. The van der Waals surface area contributed by atoms with Crippen LogP contribution < -0.4 is 5.32 Å². The molecule has 2 rings (SSSR count). The SMILES string of the molecule is CS(=O)(=O)c1ccccc1C(=O)NC1CCCCC1C(F)(F)F. The lowest BCUT2D eigenvalue weighted by molar-refractivity contribution is -0.187. The van der Waals surface area contributed by atoms with Crippen LogP contribution >= 0.6 is 0 Å². The van der Waals surface area contributed by atoms with Crippen LogP contribution in [-0.4, -0.2) is 32.8 Å². The minimum atomic E-state index is -4.38. The molecule has 0 radical (unpaired) electrons. The van der Waals surface area contributed by atoms with Gasteiger partial charge >= 0.3 is 6.18 Å². The fourth-order valence-corrected chi connectivity index (χ4v) is 3.81. The van der Waals surface area contributed by atoms with E-state index in [1.54, 1.807) is 0 Å². The van der Waals surface area contributed by atoms with Crippen LogP contribution in [0.2, 0.25) is 0 Å². The molecule has 1 fully saturated rings. The summed E-state index contributed by atoms with van der Waals surface area (Å²) in [5.41, 5.74) is -0.124. The Bertz CT molecular complexity index is 685. The van der Waals surface area contributed by atoms with Crippen LogP contribution in [0.5, 0.6) is 0 Å². The number of carbonyl (C=O) groups excluding carboxylic acids is 1. The molecule has 8 heteroatoms. The van der Waals surface area contributed by atoms with Crippen molar-refractivity contribution in [2.45, 2.75) is 42.8 Å². The summed E-state index contributed by atoms with van der Waals surface area (Å²) < 4.78 is 62.6. The number of alkyl halides is 3. The van der Waals surface area contributed by atoms with E-state index in [0.29, 0.717) is 12.8 Å². The largest absolute Gasteiger partial charge is 0.393 e. The molecule has 0 bridgehead atoms. The fraction of sp³-hybridized carbons (Fsp3) is 0.533. The third-order valence-electron chi connectivity index (χ3n) is 4.03. The van der Waals surface area contributed by atoms with Crippen molar-refractivity contribution in [3.63, 3.8) is 0 Å². The van der Waals surface area contributed by atoms with Crippen LogP contribution in [0.25, 0.3) is 0 Å². The normalized spacial score (nSPS) is 22.6. The third-order valence-corrected chi connectivity index (χ3v) is 5.19. The molecular weight excluding hydrogens is 331 g/mol. The third kappa shape index (κ3) is 4.25. The Balaban J connectivity index is 2.25. The molecule has 1 saturated carbocycles. The molecule has 0 spiro atoms. The second-order valence-corrected chi connectivity index (χ2v) is 7.76. The Labute approximate surface area is 133 Å². The summed E-state index contributed by atoms with van der Waals surface area (Å²) in [7, 11) is -3.64. The lowest BCUT2D eigenvalue weighted by Gasteiger charge is -2.33. The summed E-state index contributed by atoms with van der Waals surface area (Å²) in [6, 6.07) is 4.49. The number of amides is 1. The lowest BCUT2D eigenvalue weighted by Crippen LogP contribution is -2.47. The average Bonchev–Trinajstić information content (AvgIpc) is 2.46. The zero-order valence-electron chi connectivity index (χ0n) is 12.6. The summed E-state index contributed by atoms with van der Waals surface area (Å²) in [5.74, 6) is -2.38. The Morgan fingerprint density at radius 2 is 1.78 bits per heavy atom. The van der Waals surface area contributed by atoms with Gasteiger partial charge in [0.2, 0.25) is 0 Å². The van der Waals surface area contributed by atoms with Gasteiger partial charge in [0.15, 0.2) is 9.84 Å². The number of hydrogen-bond donors (Lipinski definition) is 1. The van der Waals surface area contributed by atoms with Gasteiger partial charge in [-0.3, -0.25) is 4.79 Å². The first-order chi connectivity index (χ1) is 10.6. The maximum Gasteiger partial charge on any atom is 0.393 e. The van der Waals surface area contributed by atoms with Gasteiger partial charge in [0.05, 0.1) is 16.4 Å². The van der Waals surface area contributed by atoms with Crippen molar-refractivity contribution in [1.29, 1.82) is 0 Å². The molecule has 1 aliphatic rings. The second kappa shape index (κ2) is 6.51. The molecule has 1 aliphatic carbocycles. The van der Waals surface area contributed by atoms with Crippen LogP contribution in [-0.2, 0) is 9.84 Å². The number of nitrogens with one attached hydrogen (secondary N) is 1. The van der Waals surface area contributed by atoms with Crippen LogP contribution in [0.3, 0.4) is 0 Å². The zero-order valence-corrected chi connectivity index (χ0v) is 13.4. The first kappa shape index (κ1) is 17.8. The van der Waals surface area contributed by atoms with E-state index in [1.165, 1.54) is 24.3 Å². The van der Waals surface area contributed by atoms with Crippen LogP contribution in [0.1, 0.15) is 36.0 Å². The van der Waals surface area contributed by atoms with Crippen molar-refractivity contribution in [1.82, 2.24) is 5.32 Å². The lowest BCUT2D eigenvalue weighted by atomic mass is 9.84. The highest BCUT2D eigenvalue weighted by molar-refractivity contribution is 7.90. The first-order valence-electron chi connectivity index (χ1n) is 7.27. The summed E-state index contributed by atoms with van der Waals surface area (Å²) in [6.45, 7) is 0. The van der Waals surface area contributed by atoms with Crippen LogP contribution in [0.15, 0.2) is 29.2 Å². The number of sulfone groups is 1. The van der Waals surface area contributed by atoms with Crippen molar-refractivity contribution in [2.24, 2.45) is 5.92 Å². The van der Waals surface area contributed by atoms with Crippen molar-refractivity contribution < 1.29 is 26.4 Å². The van der Waals surface area contributed by atoms with Crippen LogP contribution in [0.4, 0.5) is 13.2 Å². The molecule has 0 aliphatic heterocycles. The van der Waals surface area contributed by atoms with Crippen molar-refractivity contribution in [3.05, 3.63) is 29.8 Å². The van der Waals surface area contributed by atoms with E-state index < -0.39 is 33.9 Å². The molecule has 2 unspecified atom stereocenters. The number of carbonyl (C=O) groups is 1. The quantitative estimate of drug-likeness (QED) is 0.913. The van der Waals surface area contributed by atoms with E-state index in [-0.39, 0.29) is 23.3 Å². The number of rotatable bonds is 3. The highest BCUT2D eigenvalue weighted by Gasteiger charge is 2.46. The van der Waals surface area contributed by atoms with Gasteiger partial charge in [0.1, 0.15) is 0 Å². The minimum Gasteiger partial charge on any atom is -0.349 e. The molecule has 23 heavy (non-hydrogen) atoms. The van der Waals surface area contributed by atoms with Gasteiger partial charge in [-0.25, -0.2) is 8.42 Å². The van der Waals surface area contributed by atoms with Gasteiger partial charge in [-0.15, -0.1) is 0 Å². The maximum absolute atomic E-state index is 13.1. The predicted octanol–water partition coefficient (Wildman–Crippen LogP) is 2.94. The molecule has 1 aromatic carbocycles. The molecule has 1 aromatic rings. The molecule has 2 atom stereocenters.